The van der Waals surface area contributed by atoms with Crippen molar-refractivity contribution in [3.8, 4) is 5.75 Å². The van der Waals surface area contributed by atoms with Crippen molar-refractivity contribution in [1.82, 2.24) is 10.3 Å². The van der Waals surface area contributed by atoms with Gasteiger partial charge >= 0.3 is 12.5 Å². The molecule has 11 heteroatoms. The van der Waals surface area contributed by atoms with Crippen LogP contribution in [0, 0.1) is 5.41 Å². The molecule has 3 atom stereocenters. The number of carbonyl (C=O) groups is 1. The Hall–Kier alpha value is -4.25. The maximum Gasteiger partial charge on any atom is 0.573 e. The zero-order valence-electron chi connectivity index (χ0n) is 19.8. The average Bonchev–Trinajstić information content (AvgIpc) is 3.63. The van der Waals surface area contributed by atoms with Gasteiger partial charge in [0.05, 0.1) is 5.69 Å². The van der Waals surface area contributed by atoms with Crippen molar-refractivity contribution in [2.24, 2.45) is 4.99 Å². The van der Waals surface area contributed by atoms with E-state index in [4.69, 9.17) is 10.1 Å². The molecule has 1 amide bonds. The molecule has 0 bridgehead atoms. The highest BCUT2D eigenvalue weighted by molar-refractivity contribution is 5.99. The SMILES string of the molecule is CC(OC(=O)NC1CC1c1ccc(C(=N)N=C[NH2+]c2ccc(OC(F)(F)F)cc2)cc1)c1ccccn1. The van der Waals surface area contributed by atoms with Crippen LogP contribution >= 0.6 is 0 Å². The van der Waals surface area contributed by atoms with Crippen LogP contribution < -0.4 is 15.4 Å². The van der Waals surface area contributed by atoms with E-state index in [0.717, 1.165) is 12.0 Å². The smallest absolute Gasteiger partial charge is 0.440 e. The second kappa shape index (κ2) is 11.2. The van der Waals surface area contributed by atoms with Gasteiger partial charge < -0.3 is 14.8 Å². The third-order valence-electron chi connectivity index (χ3n) is 5.68. The number of ether oxygens (including phenoxy) is 2. The molecule has 1 aromatic heterocycles. The van der Waals surface area contributed by atoms with E-state index >= 15 is 0 Å². The van der Waals surface area contributed by atoms with Gasteiger partial charge in [-0.15, -0.1) is 13.2 Å². The van der Waals surface area contributed by atoms with Gasteiger partial charge in [0.25, 0.3) is 0 Å². The number of pyridine rings is 1. The number of alkyl halides is 3. The lowest BCUT2D eigenvalue weighted by Gasteiger charge is -2.13. The summed E-state index contributed by atoms with van der Waals surface area (Å²) in [6, 6.07) is 18.1. The number of halogens is 3. The summed E-state index contributed by atoms with van der Waals surface area (Å²) in [5.41, 5.74) is 2.94. The maximum atomic E-state index is 12.2. The molecule has 0 aliphatic heterocycles. The van der Waals surface area contributed by atoms with E-state index in [1.165, 1.54) is 30.6 Å². The minimum absolute atomic E-state index is 0.0192. The molecule has 0 saturated heterocycles. The standard InChI is InChI=1S/C26H24F3N5O3/c1-16(22-4-2-3-13-31-22)36-25(35)34-23-14-21(23)17-5-7-18(8-6-17)24(30)33-15-32-19-9-11-20(12-10-19)37-26(27,28)29/h2-13,15-16,21,23H,14H2,1H3,(H,34,35)(H2,30,32,33)/p+1. The lowest BCUT2D eigenvalue weighted by atomic mass is 10.1. The van der Waals surface area contributed by atoms with Crippen molar-refractivity contribution in [2.45, 2.75) is 37.8 Å². The first kappa shape index (κ1) is 25.8. The van der Waals surface area contributed by atoms with Gasteiger partial charge in [0.1, 0.15) is 17.5 Å². The molecule has 1 fully saturated rings. The lowest BCUT2D eigenvalue weighted by molar-refractivity contribution is -0.432. The Morgan fingerprint density at radius 1 is 1.16 bits per heavy atom. The minimum Gasteiger partial charge on any atom is -0.440 e. The van der Waals surface area contributed by atoms with Crippen LogP contribution in [0.15, 0.2) is 77.9 Å². The Kier molecular flexibility index (Phi) is 7.83. The zero-order chi connectivity index (χ0) is 26.4. The molecule has 4 N–H and O–H groups in total. The molecule has 4 rings (SSSR count). The van der Waals surface area contributed by atoms with E-state index in [2.05, 4.69) is 20.0 Å². The molecule has 3 unspecified atom stereocenters. The summed E-state index contributed by atoms with van der Waals surface area (Å²) in [5, 5.41) is 12.6. The number of nitrogens with two attached hydrogens (primary N) is 1. The van der Waals surface area contributed by atoms with Crippen molar-refractivity contribution in [1.29, 1.82) is 5.41 Å². The number of alkyl carbamates (subject to hydrolysis) is 1. The molecule has 1 aliphatic rings. The van der Waals surface area contributed by atoms with Gasteiger partial charge in [-0.05, 0) is 43.2 Å². The molecule has 1 aliphatic carbocycles. The quantitative estimate of drug-likeness (QED) is 0.233. The molecular weight excluding hydrogens is 487 g/mol. The Morgan fingerprint density at radius 3 is 2.54 bits per heavy atom. The van der Waals surface area contributed by atoms with Gasteiger partial charge in [0.2, 0.25) is 0 Å². The van der Waals surface area contributed by atoms with Crippen molar-refractivity contribution in [3.63, 3.8) is 0 Å². The summed E-state index contributed by atoms with van der Waals surface area (Å²) in [5.74, 6) is -0.0992. The highest BCUT2D eigenvalue weighted by atomic mass is 19.4. The molecule has 0 spiro atoms. The van der Waals surface area contributed by atoms with Crippen LogP contribution in [0.5, 0.6) is 5.75 Å². The molecule has 1 heterocycles. The Morgan fingerprint density at radius 2 is 1.89 bits per heavy atom. The third kappa shape index (κ3) is 7.61. The predicted molar refractivity (Wildman–Crippen MR) is 130 cm³/mol. The number of amides is 1. The number of benzene rings is 2. The Bertz CT molecular complexity index is 1250. The van der Waals surface area contributed by atoms with Gasteiger partial charge in [0, 0.05) is 35.9 Å². The number of quaternary nitrogens is 1. The van der Waals surface area contributed by atoms with Crippen LogP contribution in [-0.2, 0) is 4.74 Å². The number of hydrogen-bond donors (Lipinski definition) is 3. The fourth-order valence-electron chi connectivity index (χ4n) is 3.69. The zero-order valence-corrected chi connectivity index (χ0v) is 19.8. The van der Waals surface area contributed by atoms with E-state index in [-0.39, 0.29) is 23.5 Å². The van der Waals surface area contributed by atoms with E-state index < -0.39 is 18.6 Å². The topological polar surface area (TPSA) is 113 Å². The number of nitrogens with zero attached hydrogens (tertiary/aromatic N) is 2. The molecule has 0 radical (unpaired) electrons. The first-order valence-electron chi connectivity index (χ1n) is 11.5. The molecule has 1 saturated carbocycles. The summed E-state index contributed by atoms with van der Waals surface area (Å²) in [4.78, 5) is 20.5. The van der Waals surface area contributed by atoms with E-state index in [0.29, 0.717) is 16.9 Å². The van der Waals surface area contributed by atoms with Gasteiger partial charge in [-0.1, -0.05) is 30.3 Å². The first-order chi connectivity index (χ1) is 17.7. The fourth-order valence-corrected chi connectivity index (χ4v) is 3.69. The molecule has 2 aromatic carbocycles. The van der Waals surface area contributed by atoms with Gasteiger partial charge in [0.15, 0.2) is 12.2 Å². The summed E-state index contributed by atoms with van der Waals surface area (Å²) in [7, 11) is 0. The Labute approximate surface area is 211 Å². The predicted octanol–water partition coefficient (Wildman–Crippen LogP) is 4.57. The van der Waals surface area contributed by atoms with Crippen molar-refractivity contribution in [3.05, 3.63) is 89.7 Å². The Balaban J connectivity index is 1.23. The van der Waals surface area contributed by atoms with Crippen LogP contribution in [0.1, 0.15) is 42.2 Å². The van der Waals surface area contributed by atoms with Crippen LogP contribution in [0.3, 0.4) is 0 Å². The monoisotopic (exact) mass is 512 g/mol. The van der Waals surface area contributed by atoms with E-state index in [1.807, 2.05) is 18.2 Å². The molecular formula is C26H25F3N5O3+. The summed E-state index contributed by atoms with van der Waals surface area (Å²) in [6.45, 7) is 1.77. The number of aromatic nitrogens is 1. The van der Waals surface area contributed by atoms with Crippen LogP contribution in [0.4, 0.5) is 23.7 Å². The first-order valence-corrected chi connectivity index (χ1v) is 11.5. The summed E-state index contributed by atoms with van der Waals surface area (Å²) >= 11 is 0. The van der Waals surface area contributed by atoms with Crippen LogP contribution in [0.2, 0.25) is 0 Å². The van der Waals surface area contributed by atoms with Gasteiger partial charge in [-0.25, -0.2) is 4.79 Å². The number of hydrogen-bond acceptors (Lipinski definition) is 5. The normalized spacial score (nSPS) is 17.7. The van der Waals surface area contributed by atoms with Crippen LogP contribution in [-0.4, -0.2) is 35.7 Å². The average molecular weight is 513 g/mol. The maximum absolute atomic E-state index is 12.2. The summed E-state index contributed by atoms with van der Waals surface area (Å²) in [6.07, 6.45) is -1.82. The lowest BCUT2D eigenvalue weighted by Crippen LogP contribution is -2.76. The molecule has 3 aromatic rings. The minimum atomic E-state index is -4.74. The van der Waals surface area contributed by atoms with Gasteiger partial charge in [-0.2, -0.15) is 4.99 Å². The number of amidine groups is 1. The molecule has 37 heavy (non-hydrogen) atoms. The van der Waals surface area contributed by atoms with Gasteiger partial charge in [-0.3, -0.25) is 15.7 Å². The largest absolute Gasteiger partial charge is 0.573 e. The van der Waals surface area contributed by atoms with Crippen molar-refractivity contribution < 1.29 is 32.8 Å². The fraction of sp³-hybridized carbons (Fsp3) is 0.231. The number of carbonyl (C=O) groups excluding carboxylic acids is 1. The molecule has 8 nitrogen and oxygen atoms in total. The van der Waals surface area contributed by atoms with E-state index in [9.17, 15) is 18.0 Å². The van der Waals surface area contributed by atoms with E-state index in [1.54, 1.807) is 42.7 Å². The molecule has 192 valence electrons. The third-order valence-corrected chi connectivity index (χ3v) is 5.68. The second-order valence-electron chi connectivity index (χ2n) is 8.43. The van der Waals surface area contributed by atoms with Crippen LogP contribution in [0.25, 0.3) is 0 Å². The number of nitrogens with one attached hydrogen (secondary N) is 2. The van der Waals surface area contributed by atoms with Crippen molar-refractivity contribution in [2.75, 3.05) is 0 Å². The highest BCUT2D eigenvalue weighted by Crippen LogP contribution is 2.41. The highest BCUT2D eigenvalue weighted by Gasteiger charge is 2.40. The van der Waals surface area contributed by atoms with Crippen molar-refractivity contribution >= 4 is 24.0 Å². The number of aliphatic imine (C=N–C) groups is 1. The number of rotatable bonds is 8. The summed E-state index contributed by atoms with van der Waals surface area (Å²) < 4.78 is 45.9. The second-order valence-corrected chi connectivity index (χ2v) is 8.43.